The van der Waals surface area contributed by atoms with Crippen molar-refractivity contribution >= 4 is 11.6 Å². The van der Waals surface area contributed by atoms with Crippen LogP contribution in [0.5, 0.6) is 11.5 Å². The SMILES string of the molecule is CN1CCc2cccc3c2C1Cc1c(Cl)cc(O)c(O)c1-3. The summed E-state index contributed by atoms with van der Waals surface area (Å²) in [5.74, 6) is -0.214. The predicted octanol–water partition coefficient (Wildman–Crippen LogP) is 3.50. The fraction of sp³-hybridized carbons (Fsp3) is 0.294. The maximum Gasteiger partial charge on any atom is 0.165 e. The van der Waals surface area contributed by atoms with Crippen LogP contribution >= 0.6 is 11.6 Å². The number of hydrogen-bond acceptors (Lipinski definition) is 3. The maximum absolute atomic E-state index is 10.3. The average Bonchev–Trinajstić information content (AvgIpc) is 2.48. The van der Waals surface area contributed by atoms with Gasteiger partial charge in [-0.2, -0.15) is 0 Å². The Labute approximate surface area is 128 Å². The fourth-order valence-electron chi connectivity index (χ4n) is 3.72. The molecule has 1 unspecified atom stereocenters. The number of phenols is 2. The van der Waals surface area contributed by atoms with E-state index in [1.165, 1.54) is 17.2 Å². The van der Waals surface area contributed by atoms with Gasteiger partial charge in [0.15, 0.2) is 11.5 Å². The van der Waals surface area contributed by atoms with Gasteiger partial charge in [-0.25, -0.2) is 0 Å². The molecular weight excluding hydrogens is 286 g/mol. The summed E-state index contributed by atoms with van der Waals surface area (Å²) in [5.41, 5.74) is 5.23. The van der Waals surface area contributed by atoms with E-state index in [-0.39, 0.29) is 11.5 Å². The monoisotopic (exact) mass is 301 g/mol. The van der Waals surface area contributed by atoms with Crippen LogP contribution in [0, 0.1) is 0 Å². The van der Waals surface area contributed by atoms with Crippen molar-refractivity contribution in [2.45, 2.75) is 18.9 Å². The van der Waals surface area contributed by atoms with Gasteiger partial charge in [0, 0.05) is 29.2 Å². The Kier molecular flexibility index (Phi) is 2.72. The van der Waals surface area contributed by atoms with E-state index < -0.39 is 0 Å². The van der Waals surface area contributed by atoms with E-state index in [4.69, 9.17) is 11.6 Å². The van der Waals surface area contributed by atoms with Crippen LogP contribution in [0.3, 0.4) is 0 Å². The number of benzene rings is 2. The third-order valence-corrected chi connectivity index (χ3v) is 5.13. The number of phenolic OH excluding ortho intramolecular Hbond substituents is 2. The summed E-state index contributed by atoms with van der Waals surface area (Å²) >= 11 is 6.32. The molecule has 0 saturated heterocycles. The van der Waals surface area contributed by atoms with E-state index in [9.17, 15) is 10.2 Å². The molecule has 4 rings (SSSR count). The Hall–Kier alpha value is -1.71. The van der Waals surface area contributed by atoms with Gasteiger partial charge in [0.05, 0.1) is 0 Å². The predicted molar refractivity (Wildman–Crippen MR) is 83.0 cm³/mol. The topological polar surface area (TPSA) is 43.7 Å². The molecule has 1 aliphatic carbocycles. The van der Waals surface area contributed by atoms with Crippen LogP contribution in [0.25, 0.3) is 11.1 Å². The Balaban J connectivity index is 2.08. The van der Waals surface area contributed by atoms with Gasteiger partial charge >= 0.3 is 0 Å². The number of halogens is 1. The van der Waals surface area contributed by atoms with Crippen LogP contribution in [-0.2, 0) is 12.8 Å². The fourth-order valence-corrected chi connectivity index (χ4v) is 4.00. The third-order valence-electron chi connectivity index (χ3n) is 4.80. The number of nitrogens with zero attached hydrogens (tertiary/aromatic N) is 1. The first-order valence-electron chi connectivity index (χ1n) is 7.13. The van der Waals surface area contributed by atoms with Crippen molar-refractivity contribution < 1.29 is 10.2 Å². The smallest absolute Gasteiger partial charge is 0.165 e. The molecule has 21 heavy (non-hydrogen) atoms. The standard InChI is InChI=1S/C17H16ClNO2/c1-19-6-5-9-3-2-4-10-15(9)13(19)7-11-12(18)8-14(20)17(21)16(10)11/h2-4,8,13,20-21H,5-7H2,1H3. The molecule has 0 saturated carbocycles. The van der Waals surface area contributed by atoms with Gasteiger partial charge in [-0.05, 0) is 42.1 Å². The van der Waals surface area contributed by atoms with Gasteiger partial charge in [0.2, 0.25) is 0 Å². The minimum atomic E-state index is -0.154. The lowest BCUT2D eigenvalue weighted by Gasteiger charge is -2.40. The summed E-state index contributed by atoms with van der Waals surface area (Å²) in [6, 6.07) is 7.92. The summed E-state index contributed by atoms with van der Waals surface area (Å²) in [6.07, 6.45) is 1.78. The first-order valence-corrected chi connectivity index (χ1v) is 7.51. The molecule has 0 aromatic heterocycles. The van der Waals surface area contributed by atoms with Crippen molar-refractivity contribution in [3.8, 4) is 22.6 Å². The molecule has 2 aromatic carbocycles. The number of hydrogen-bond donors (Lipinski definition) is 2. The highest BCUT2D eigenvalue weighted by Gasteiger charge is 2.35. The quantitative estimate of drug-likeness (QED) is 0.732. The van der Waals surface area contributed by atoms with Gasteiger partial charge < -0.3 is 10.2 Å². The highest BCUT2D eigenvalue weighted by molar-refractivity contribution is 6.32. The molecule has 1 atom stereocenters. The van der Waals surface area contributed by atoms with Crippen molar-refractivity contribution in [2.24, 2.45) is 0 Å². The van der Waals surface area contributed by atoms with E-state index in [1.54, 1.807) is 0 Å². The second-order valence-corrected chi connectivity index (χ2v) is 6.32. The van der Waals surface area contributed by atoms with Gasteiger partial charge in [-0.15, -0.1) is 0 Å². The number of likely N-dealkylation sites (N-methyl/N-ethyl adjacent to an activating group) is 1. The second kappa shape index (κ2) is 4.39. The summed E-state index contributed by atoms with van der Waals surface area (Å²) in [7, 11) is 2.13. The van der Waals surface area contributed by atoms with E-state index in [2.05, 4.69) is 18.0 Å². The molecule has 1 aliphatic heterocycles. The van der Waals surface area contributed by atoms with Gasteiger partial charge in [0.1, 0.15) is 0 Å². The Morgan fingerprint density at radius 2 is 2.10 bits per heavy atom. The van der Waals surface area contributed by atoms with Crippen LogP contribution in [0.2, 0.25) is 5.02 Å². The van der Waals surface area contributed by atoms with E-state index >= 15 is 0 Å². The summed E-state index contributed by atoms with van der Waals surface area (Å²) in [6.45, 7) is 1.03. The molecule has 0 amide bonds. The highest BCUT2D eigenvalue weighted by atomic mass is 35.5. The molecule has 0 spiro atoms. The first-order chi connectivity index (χ1) is 10.1. The zero-order valence-corrected chi connectivity index (χ0v) is 12.5. The van der Waals surface area contributed by atoms with Gasteiger partial charge in [-0.3, -0.25) is 4.90 Å². The zero-order valence-electron chi connectivity index (χ0n) is 11.7. The molecule has 2 N–H and O–H groups in total. The molecular formula is C17H16ClNO2. The number of aromatic hydroxyl groups is 2. The summed E-state index contributed by atoms with van der Waals surface area (Å²) in [4.78, 5) is 2.34. The van der Waals surface area contributed by atoms with Gasteiger partial charge in [-0.1, -0.05) is 29.8 Å². The molecule has 2 aliphatic rings. The van der Waals surface area contributed by atoms with Crippen molar-refractivity contribution in [3.63, 3.8) is 0 Å². The van der Waals surface area contributed by atoms with E-state index in [0.29, 0.717) is 16.6 Å². The lowest BCUT2D eigenvalue weighted by atomic mass is 9.77. The normalized spacial score (nSPS) is 20.0. The zero-order chi connectivity index (χ0) is 14.7. The second-order valence-electron chi connectivity index (χ2n) is 5.91. The number of fused-ring (bicyclic) bond motifs is 2. The van der Waals surface area contributed by atoms with Crippen molar-refractivity contribution in [1.29, 1.82) is 0 Å². The average molecular weight is 302 g/mol. The molecule has 0 fully saturated rings. The number of rotatable bonds is 0. The van der Waals surface area contributed by atoms with Crippen LogP contribution in [0.4, 0.5) is 0 Å². The molecule has 3 nitrogen and oxygen atoms in total. The van der Waals surface area contributed by atoms with Crippen molar-refractivity contribution in [1.82, 2.24) is 4.90 Å². The van der Waals surface area contributed by atoms with Crippen molar-refractivity contribution in [3.05, 3.63) is 46.0 Å². The lowest BCUT2D eigenvalue weighted by Crippen LogP contribution is -2.35. The minimum Gasteiger partial charge on any atom is -0.504 e. The van der Waals surface area contributed by atoms with Crippen LogP contribution in [-0.4, -0.2) is 28.7 Å². The van der Waals surface area contributed by atoms with Gasteiger partial charge in [0.25, 0.3) is 0 Å². The summed E-state index contributed by atoms with van der Waals surface area (Å²) in [5, 5.41) is 20.7. The largest absolute Gasteiger partial charge is 0.504 e. The highest BCUT2D eigenvalue weighted by Crippen LogP contribution is 2.52. The molecule has 4 heteroatoms. The Bertz CT molecular complexity index is 757. The molecule has 0 radical (unpaired) electrons. The first kappa shape index (κ1) is 13.0. The molecule has 2 aromatic rings. The molecule has 108 valence electrons. The van der Waals surface area contributed by atoms with Crippen LogP contribution in [0.1, 0.15) is 22.7 Å². The maximum atomic E-state index is 10.3. The van der Waals surface area contributed by atoms with Crippen LogP contribution in [0.15, 0.2) is 24.3 Å². The lowest BCUT2D eigenvalue weighted by molar-refractivity contribution is 0.228. The van der Waals surface area contributed by atoms with Crippen molar-refractivity contribution in [2.75, 3.05) is 13.6 Å². The van der Waals surface area contributed by atoms with E-state index in [0.717, 1.165) is 30.5 Å². The Morgan fingerprint density at radius 1 is 1.29 bits per heavy atom. The van der Waals surface area contributed by atoms with Crippen LogP contribution < -0.4 is 0 Å². The molecule has 0 bridgehead atoms. The third kappa shape index (κ3) is 1.71. The van der Waals surface area contributed by atoms with E-state index in [1.807, 2.05) is 12.1 Å². The Morgan fingerprint density at radius 3 is 2.90 bits per heavy atom. The minimum absolute atomic E-state index is 0.0607. The molecule has 1 heterocycles. The summed E-state index contributed by atoms with van der Waals surface area (Å²) < 4.78 is 0.